The fourth-order valence-corrected chi connectivity index (χ4v) is 3.81. The number of hydrogen-bond acceptors (Lipinski definition) is 0. The fourth-order valence-electron chi connectivity index (χ4n) is 2.27. The summed E-state index contributed by atoms with van der Waals surface area (Å²) in [6.45, 7) is 0. The van der Waals surface area contributed by atoms with Gasteiger partial charge < -0.3 is 0 Å². The Morgan fingerprint density at radius 2 is 2.00 bits per heavy atom. The summed E-state index contributed by atoms with van der Waals surface area (Å²) in [6, 6.07) is 0. The molecule has 10 heavy (non-hydrogen) atoms. The van der Waals surface area contributed by atoms with E-state index in [1.54, 1.807) is 0 Å². The van der Waals surface area contributed by atoms with Crippen molar-refractivity contribution in [3.63, 3.8) is 0 Å². The fraction of sp³-hybridized carbons (Fsp3) is 0.778. The van der Waals surface area contributed by atoms with E-state index in [9.17, 15) is 0 Å². The van der Waals surface area contributed by atoms with Crippen molar-refractivity contribution in [1.82, 2.24) is 0 Å². The van der Waals surface area contributed by atoms with Gasteiger partial charge >= 0.3 is 0 Å². The topological polar surface area (TPSA) is 0 Å². The Kier molecular flexibility index (Phi) is 1.56. The number of allylic oxidation sites excluding steroid dienone is 2. The Morgan fingerprint density at radius 1 is 1.20 bits per heavy atom. The minimum atomic E-state index is 0.658. The third-order valence-electron chi connectivity index (χ3n) is 2.82. The van der Waals surface area contributed by atoms with Crippen LogP contribution in [0.1, 0.15) is 12.8 Å². The van der Waals surface area contributed by atoms with Gasteiger partial charge in [0.15, 0.2) is 0 Å². The van der Waals surface area contributed by atoms with Crippen LogP contribution in [0.5, 0.6) is 0 Å². The second kappa shape index (κ2) is 2.30. The van der Waals surface area contributed by atoms with Gasteiger partial charge in [0, 0.05) is 12.3 Å². The Hall–Kier alpha value is 0.0900. The lowest BCUT2D eigenvalue weighted by atomic mass is 10.1. The van der Waals surface area contributed by atoms with E-state index in [0.717, 1.165) is 17.1 Å². The zero-order chi connectivity index (χ0) is 7.14. The molecule has 0 aromatic heterocycles. The van der Waals surface area contributed by atoms with Crippen molar-refractivity contribution in [1.29, 1.82) is 0 Å². The van der Waals surface area contributed by atoms with Gasteiger partial charge in [0.05, 0.1) is 12.5 Å². The molecule has 0 nitrogen and oxygen atoms in total. The molecular weight excluding hydrogens is 140 g/mol. The first-order chi connectivity index (χ1) is 4.77. The van der Waals surface area contributed by atoms with Gasteiger partial charge in [-0.3, -0.25) is 0 Å². The van der Waals surface area contributed by atoms with Crippen LogP contribution in [0, 0.1) is 11.8 Å². The highest BCUT2D eigenvalue weighted by Crippen LogP contribution is 2.42. The normalized spacial score (nSPS) is 43.7. The van der Waals surface area contributed by atoms with Crippen LogP contribution < -0.4 is 0 Å². The van der Waals surface area contributed by atoms with Crippen LogP contribution in [0.2, 0.25) is 0 Å². The molecule has 0 radical (unpaired) electrons. The number of fused-ring (bicyclic) bond motifs is 2. The highest BCUT2D eigenvalue weighted by atomic mass is 32.2. The first kappa shape index (κ1) is 6.78. The van der Waals surface area contributed by atoms with E-state index in [-0.39, 0.29) is 0 Å². The maximum atomic E-state index is 2.45. The van der Waals surface area contributed by atoms with Crippen LogP contribution >= 0.6 is 0 Å². The Morgan fingerprint density at radius 3 is 2.30 bits per heavy atom. The Balaban J connectivity index is 2.09. The Labute approximate surface area is 66.0 Å². The molecule has 3 unspecified atom stereocenters. The molecule has 0 aromatic rings. The molecular formula is C9H15S+. The molecule has 2 rings (SSSR count). The molecule has 0 amide bonds. The summed E-state index contributed by atoms with van der Waals surface area (Å²) >= 11 is 0. The summed E-state index contributed by atoms with van der Waals surface area (Å²) < 4.78 is 0. The van der Waals surface area contributed by atoms with Gasteiger partial charge in [0.25, 0.3) is 0 Å². The van der Waals surface area contributed by atoms with Gasteiger partial charge in [0.2, 0.25) is 0 Å². The maximum Gasteiger partial charge on any atom is 0.124 e. The first-order valence-electron chi connectivity index (χ1n) is 4.02. The summed E-state index contributed by atoms with van der Waals surface area (Å²) in [5.74, 6) is 1.92. The molecule has 0 aliphatic heterocycles. The molecule has 56 valence electrons. The number of hydrogen-bond donors (Lipinski definition) is 0. The lowest BCUT2D eigenvalue weighted by Gasteiger charge is -2.13. The largest absolute Gasteiger partial charge is 0.124 e. The van der Waals surface area contributed by atoms with Crippen LogP contribution in [-0.2, 0) is 10.9 Å². The van der Waals surface area contributed by atoms with Gasteiger partial charge in [-0.05, 0) is 23.2 Å². The standard InChI is InChI=1S/C9H15S/c1-10(2)9-6-7-3-4-8(9)5-7/h3-4,7-9H,5-6H2,1-2H3/q+1. The second-order valence-corrected chi connectivity index (χ2v) is 6.06. The van der Waals surface area contributed by atoms with Crippen molar-refractivity contribution >= 4 is 10.9 Å². The van der Waals surface area contributed by atoms with Crippen LogP contribution in [0.15, 0.2) is 12.2 Å². The van der Waals surface area contributed by atoms with Crippen LogP contribution in [0.25, 0.3) is 0 Å². The summed E-state index contributed by atoms with van der Waals surface area (Å²) in [5, 5.41) is 1.04. The van der Waals surface area contributed by atoms with Crippen molar-refractivity contribution in [2.45, 2.75) is 18.1 Å². The first-order valence-corrected chi connectivity index (χ1v) is 6.12. The van der Waals surface area contributed by atoms with Crippen LogP contribution in [0.3, 0.4) is 0 Å². The van der Waals surface area contributed by atoms with Crippen LogP contribution in [-0.4, -0.2) is 17.8 Å². The van der Waals surface area contributed by atoms with Crippen molar-refractivity contribution in [2.24, 2.45) is 11.8 Å². The quantitative estimate of drug-likeness (QED) is 0.400. The van der Waals surface area contributed by atoms with E-state index in [4.69, 9.17) is 0 Å². The summed E-state index contributed by atoms with van der Waals surface area (Å²) in [5.41, 5.74) is 0. The minimum Gasteiger partial charge on any atom is -0.0847 e. The van der Waals surface area contributed by atoms with Crippen molar-refractivity contribution in [3.8, 4) is 0 Å². The molecule has 0 saturated heterocycles. The molecule has 2 aliphatic carbocycles. The van der Waals surface area contributed by atoms with E-state index >= 15 is 0 Å². The van der Waals surface area contributed by atoms with Gasteiger partial charge in [-0.2, -0.15) is 0 Å². The lowest BCUT2D eigenvalue weighted by molar-refractivity contribution is 0.692. The van der Waals surface area contributed by atoms with Crippen LogP contribution in [0.4, 0.5) is 0 Å². The monoisotopic (exact) mass is 155 g/mol. The third-order valence-corrected chi connectivity index (χ3v) is 4.58. The minimum absolute atomic E-state index is 0.658. The Bertz CT molecular complexity index is 160. The summed E-state index contributed by atoms with van der Waals surface area (Å²) in [7, 11) is 0.658. The number of rotatable bonds is 1. The maximum absolute atomic E-state index is 2.45. The molecule has 1 fully saturated rings. The van der Waals surface area contributed by atoms with Crippen molar-refractivity contribution < 1.29 is 0 Å². The molecule has 1 saturated carbocycles. The SMILES string of the molecule is C[S+](C)C1CC2C=CC1C2. The predicted molar refractivity (Wildman–Crippen MR) is 48.4 cm³/mol. The smallest absolute Gasteiger partial charge is 0.0847 e. The summed E-state index contributed by atoms with van der Waals surface area (Å²) in [6.07, 6.45) is 12.6. The molecule has 0 aromatic carbocycles. The molecule has 2 bridgehead atoms. The predicted octanol–water partition coefficient (Wildman–Crippen LogP) is 1.83. The van der Waals surface area contributed by atoms with E-state index in [1.807, 2.05) is 0 Å². The van der Waals surface area contributed by atoms with Crippen molar-refractivity contribution in [2.75, 3.05) is 12.5 Å². The zero-order valence-electron chi connectivity index (χ0n) is 6.71. The van der Waals surface area contributed by atoms with E-state index in [2.05, 4.69) is 24.7 Å². The summed E-state index contributed by atoms with van der Waals surface area (Å²) in [4.78, 5) is 0. The van der Waals surface area contributed by atoms with Gasteiger partial charge in [-0.15, -0.1) is 0 Å². The zero-order valence-corrected chi connectivity index (χ0v) is 7.53. The van der Waals surface area contributed by atoms with Gasteiger partial charge in [-0.25, -0.2) is 0 Å². The highest BCUT2D eigenvalue weighted by Gasteiger charge is 2.42. The highest BCUT2D eigenvalue weighted by molar-refractivity contribution is 7.96. The lowest BCUT2D eigenvalue weighted by Crippen LogP contribution is -2.23. The molecule has 0 N–H and O–H groups in total. The second-order valence-electron chi connectivity index (χ2n) is 3.70. The molecule has 0 spiro atoms. The third kappa shape index (κ3) is 0.914. The molecule has 1 heteroatoms. The molecule has 0 heterocycles. The molecule has 2 aliphatic rings. The average Bonchev–Trinajstić information content (AvgIpc) is 2.44. The van der Waals surface area contributed by atoms with Gasteiger partial charge in [0.1, 0.15) is 5.25 Å². The van der Waals surface area contributed by atoms with E-state index in [0.29, 0.717) is 10.9 Å². The van der Waals surface area contributed by atoms with Gasteiger partial charge in [-0.1, -0.05) is 12.2 Å². The van der Waals surface area contributed by atoms with Crippen molar-refractivity contribution in [3.05, 3.63) is 12.2 Å². The van der Waals surface area contributed by atoms with E-state index < -0.39 is 0 Å². The van der Waals surface area contributed by atoms with E-state index in [1.165, 1.54) is 12.8 Å². The molecule has 3 atom stereocenters. The average molecular weight is 155 g/mol.